The van der Waals surface area contributed by atoms with Gasteiger partial charge >= 0.3 is 0 Å². The number of rotatable bonds is 2. The van der Waals surface area contributed by atoms with Crippen LogP contribution in [0.2, 0.25) is 0 Å². The van der Waals surface area contributed by atoms with Crippen LogP contribution in [0.25, 0.3) is 5.76 Å². The van der Waals surface area contributed by atoms with Gasteiger partial charge in [0.2, 0.25) is 5.88 Å². The Kier molecular flexibility index (Phi) is 2.83. The molecule has 4 nitrogen and oxygen atoms in total. The lowest BCUT2D eigenvalue weighted by Crippen LogP contribution is -2.05. The topological polar surface area (TPSA) is 51.6 Å². The summed E-state index contributed by atoms with van der Waals surface area (Å²) in [6.45, 7) is 0. The molecule has 3 rings (SSSR count). The van der Waals surface area contributed by atoms with E-state index >= 15 is 0 Å². The van der Waals surface area contributed by atoms with Crippen molar-refractivity contribution in [3.63, 3.8) is 0 Å². The number of allylic oxidation sites excluding steroid dienone is 1. The molecule has 0 unspecified atom stereocenters. The zero-order valence-corrected chi connectivity index (χ0v) is 10.5. The lowest BCUT2D eigenvalue weighted by molar-refractivity contribution is 0.373. The molecule has 1 aromatic carbocycles. The van der Waals surface area contributed by atoms with Crippen LogP contribution >= 0.6 is 0 Å². The molecule has 0 saturated carbocycles. The quantitative estimate of drug-likeness (QED) is 0.896. The number of ether oxygens (including phenoxy) is 2. The van der Waals surface area contributed by atoms with Gasteiger partial charge in [0, 0.05) is 17.3 Å². The Hall–Kier alpha value is -2.49. The van der Waals surface area contributed by atoms with E-state index in [2.05, 4.69) is 4.98 Å². The summed E-state index contributed by atoms with van der Waals surface area (Å²) < 4.78 is 10.9. The number of nitrogens with zero attached hydrogens (tertiary/aromatic N) is 1. The Morgan fingerprint density at radius 1 is 1.32 bits per heavy atom. The van der Waals surface area contributed by atoms with Crippen molar-refractivity contribution in [1.29, 1.82) is 0 Å². The van der Waals surface area contributed by atoms with Gasteiger partial charge in [0.1, 0.15) is 5.76 Å². The van der Waals surface area contributed by atoms with Crippen LogP contribution in [0.3, 0.4) is 0 Å². The van der Waals surface area contributed by atoms with Crippen LogP contribution in [0.1, 0.15) is 11.1 Å². The van der Waals surface area contributed by atoms with E-state index in [0.717, 1.165) is 23.3 Å². The van der Waals surface area contributed by atoms with Gasteiger partial charge in [-0.05, 0) is 36.8 Å². The van der Waals surface area contributed by atoms with Gasteiger partial charge in [0.15, 0.2) is 11.5 Å². The summed E-state index contributed by atoms with van der Waals surface area (Å²) in [5.41, 5.74) is 1.92. The van der Waals surface area contributed by atoms with Crippen molar-refractivity contribution in [1.82, 2.24) is 4.98 Å². The molecule has 1 aromatic heterocycles. The average molecular weight is 255 g/mol. The molecule has 0 aliphatic carbocycles. The predicted molar refractivity (Wildman–Crippen MR) is 71.2 cm³/mol. The predicted octanol–water partition coefficient (Wildman–Crippen LogP) is 2.77. The van der Waals surface area contributed by atoms with Crippen LogP contribution in [0, 0.1) is 0 Å². The molecule has 0 spiro atoms. The van der Waals surface area contributed by atoms with E-state index in [9.17, 15) is 5.11 Å². The highest BCUT2D eigenvalue weighted by Gasteiger charge is 2.15. The molecule has 0 amide bonds. The first kappa shape index (κ1) is 11.6. The van der Waals surface area contributed by atoms with Crippen molar-refractivity contribution in [3.05, 3.63) is 53.7 Å². The van der Waals surface area contributed by atoms with Gasteiger partial charge in [-0.1, -0.05) is 6.07 Å². The van der Waals surface area contributed by atoms with Crippen molar-refractivity contribution >= 4 is 5.76 Å². The Morgan fingerprint density at radius 3 is 3.05 bits per heavy atom. The highest BCUT2D eigenvalue weighted by Crippen LogP contribution is 2.33. The van der Waals surface area contributed by atoms with Gasteiger partial charge in [-0.3, -0.25) is 0 Å². The summed E-state index contributed by atoms with van der Waals surface area (Å²) >= 11 is 0. The van der Waals surface area contributed by atoms with Crippen molar-refractivity contribution in [2.45, 2.75) is 6.42 Å². The summed E-state index contributed by atoms with van der Waals surface area (Å²) in [6.07, 6.45) is 4.48. The van der Waals surface area contributed by atoms with Gasteiger partial charge in [-0.15, -0.1) is 0 Å². The van der Waals surface area contributed by atoms with E-state index in [4.69, 9.17) is 9.47 Å². The number of phenolic OH excluding ortho intramolecular Hbond substituents is 1. The van der Waals surface area contributed by atoms with Crippen LogP contribution in [0.4, 0.5) is 0 Å². The van der Waals surface area contributed by atoms with Gasteiger partial charge in [0.25, 0.3) is 0 Å². The number of hydrogen-bond donors (Lipinski definition) is 1. The molecule has 1 aliphatic heterocycles. The maximum Gasteiger partial charge on any atom is 0.222 e. The van der Waals surface area contributed by atoms with E-state index in [0.29, 0.717) is 11.6 Å². The minimum Gasteiger partial charge on any atom is -0.504 e. The number of hydrogen-bond acceptors (Lipinski definition) is 4. The summed E-state index contributed by atoms with van der Waals surface area (Å²) in [5.74, 6) is 1.89. The number of methoxy groups -OCH3 is 1. The van der Waals surface area contributed by atoms with Crippen molar-refractivity contribution in [3.8, 4) is 17.4 Å². The van der Waals surface area contributed by atoms with Gasteiger partial charge < -0.3 is 14.6 Å². The number of pyridine rings is 1. The fourth-order valence-electron chi connectivity index (χ4n) is 2.03. The second-order valence-corrected chi connectivity index (χ2v) is 4.23. The molecule has 19 heavy (non-hydrogen) atoms. The Morgan fingerprint density at radius 2 is 2.21 bits per heavy atom. The fourth-order valence-corrected chi connectivity index (χ4v) is 2.03. The smallest absolute Gasteiger partial charge is 0.222 e. The van der Waals surface area contributed by atoms with Gasteiger partial charge in [-0.2, -0.15) is 0 Å². The zero-order valence-electron chi connectivity index (χ0n) is 10.5. The number of benzene rings is 1. The molecule has 4 heteroatoms. The first-order valence-corrected chi connectivity index (χ1v) is 5.97. The van der Waals surface area contributed by atoms with E-state index < -0.39 is 0 Å². The maximum atomic E-state index is 9.59. The Labute approximate surface area is 110 Å². The fraction of sp³-hybridized carbons (Fsp3) is 0.133. The van der Waals surface area contributed by atoms with E-state index in [1.807, 2.05) is 18.2 Å². The molecule has 0 bridgehead atoms. The monoisotopic (exact) mass is 255 g/mol. The van der Waals surface area contributed by atoms with Crippen LogP contribution in [-0.4, -0.2) is 17.2 Å². The maximum absolute atomic E-state index is 9.59. The molecule has 2 aromatic rings. The second kappa shape index (κ2) is 4.65. The third-order valence-corrected chi connectivity index (χ3v) is 3.03. The summed E-state index contributed by atoms with van der Waals surface area (Å²) in [4.78, 5) is 4.21. The normalized spacial score (nSPS) is 13.2. The standard InChI is InChI=1S/C15H13NO3/c1-18-14-9-11(4-6-12(14)17)13-7-5-10-3-2-8-16-15(10)19-13/h2-4,6-9,17H,5H2,1H3. The van der Waals surface area contributed by atoms with Crippen LogP contribution in [0.15, 0.2) is 42.6 Å². The largest absolute Gasteiger partial charge is 0.504 e. The number of aromatic nitrogens is 1. The van der Waals surface area contributed by atoms with Crippen LogP contribution in [0.5, 0.6) is 17.4 Å². The van der Waals surface area contributed by atoms with E-state index in [1.54, 1.807) is 24.4 Å². The molecule has 2 heterocycles. The lowest BCUT2D eigenvalue weighted by Gasteiger charge is -2.17. The SMILES string of the molecule is COc1cc(C2=CCc3cccnc3O2)ccc1O. The molecular weight excluding hydrogens is 242 g/mol. The van der Waals surface area contributed by atoms with Crippen LogP contribution in [-0.2, 0) is 6.42 Å². The molecule has 1 aliphatic rings. The zero-order chi connectivity index (χ0) is 13.2. The Balaban J connectivity index is 1.94. The van der Waals surface area contributed by atoms with Gasteiger partial charge in [-0.25, -0.2) is 4.98 Å². The van der Waals surface area contributed by atoms with Gasteiger partial charge in [0.05, 0.1) is 7.11 Å². The lowest BCUT2D eigenvalue weighted by atomic mass is 10.1. The van der Waals surface area contributed by atoms with E-state index in [-0.39, 0.29) is 5.75 Å². The molecule has 1 N–H and O–H groups in total. The first-order valence-electron chi connectivity index (χ1n) is 5.97. The third kappa shape index (κ3) is 2.12. The highest BCUT2D eigenvalue weighted by molar-refractivity contribution is 5.66. The number of phenols is 1. The van der Waals surface area contributed by atoms with Crippen LogP contribution < -0.4 is 9.47 Å². The minimum atomic E-state index is 0.112. The highest BCUT2D eigenvalue weighted by atomic mass is 16.5. The summed E-state index contributed by atoms with van der Waals surface area (Å²) in [6, 6.07) is 9.01. The molecule has 0 radical (unpaired) electrons. The Bertz CT molecular complexity index is 650. The van der Waals surface area contributed by atoms with Crippen molar-refractivity contribution in [2.24, 2.45) is 0 Å². The molecule has 0 saturated heterocycles. The molecule has 0 fully saturated rings. The number of aromatic hydroxyl groups is 1. The first-order chi connectivity index (χ1) is 9.28. The average Bonchev–Trinajstić information content (AvgIpc) is 2.47. The number of fused-ring (bicyclic) bond motifs is 1. The third-order valence-electron chi connectivity index (χ3n) is 3.03. The van der Waals surface area contributed by atoms with Crippen molar-refractivity contribution < 1.29 is 14.6 Å². The molecule has 96 valence electrons. The van der Waals surface area contributed by atoms with Crippen molar-refractivity contribution in [2.75, 3.05) is 7.11 Å². The second-order valence-electron chi connectivity index (χ2n) is 4.23. The minimum absolute atomic E-state index is 0.112. The summed E-state index contributed by atoms with van der Waals surface area (Å²) in [5, 5.41) is 9.59. The summed E-state index contributed by atoms with van der Waals surface area (Å²) in [7, 11) is 1.52. The molecule has 0 atom stereocenters. The molecular formula is C15H13NO3. The van der Waals surface area contributed by atoms with E-state index in [1.165, 1.54) is 7.11 Å².